The predicted molar refractivity (Wildman–Crippen MR) is 69.1 cm³/mol. The number of benzene rings is 1. The van der Waals surface area contributed by atoms with Crippen molar-refractivity contribution in [2.75, 3.05) is 6.54 Å². The third kappa shape index (κ3) is 5.66. The van der Waals surface area contributed by atoms with Crippen LogP contribution in [0.4, 0.5) is 9.18 Å². The van der Waals surface area contributed by atoms with E-state index in [9.17, 15) is 9.18 Å². The summed E-state index contributed by atoms with van der Waals surface area (Å²) in [4.78, 5) is 11.4. The number of rotatable bonds is 3. The number of alkyl carbamates (subject to hydrolysis) is 1. The molecule has 0 aromatic heterocycles. The maximum absolute atomic E-state index is 13.1. The smallest absolute Gasteiger partial charge is 0.407 e. The van der Waals surface area contributed by atoms with Gasteiger partial charge in [-0.3, -0.25) is 0 Å². The summed E-state index contributed by atoms with van der Waals surface area (Å²) in [6, 6.07) is 4.86. The summed E-state index contributed by atoms with van der Waals surface area (Å²) in [5.41, 5.74) is 1.24. The third-order valence-corrected chi connectivity index (χ3v) is 2.18. The van der Waals surface area contributed by atoms with Crippen LogP contribution < -0.4 is 5.32 Å². The highest BCUT2D eigenvalue weighted by atomic mass is 19.1. The first-order valence-corrected chi connectivity index (χ1v) is 5.99. The highest BCUT2D eigenvalue weighted by Crippen LogP contribution is 2.09. The van der Waals surface area contributed by atoms with E-state index in [-0.39, 0.29) is 5.82 Å². The number of carbonyl (C=O) groups excluding carboxylic acids is 1. The average molecular weight is 253 g/mol. The summed E-state index contributed by atoms with van der Waals surface area (Å²) in [7, 11) is 0. The monoisotopic (exact) mass is 253 g/mol. The molecule has 0 radical (unpaired) electrons. The van der Waals surface area contributed by atoms with Crippen LogP contribution in [0.25, 0.3) is 0 Å². The fourth-order valence-corrected chi connectivity index (χ4v) is 1.58. The molecule has 1 aromatic rings. The van der Waals surface area contributed by atoms with Crippen molar-refractivity contribution >= 4 is 6.09 Å². The molecule has 0 saturated heterocycles. The van der Waals surface area contributed by atoms with E-state index in [0.717, 1.165) is 11.1 Å². The molecule has 0 saturated carbocycles. The summed E-state index contributed by atoms with van der Waals surface area (Å²) >= 11 is 0. The van der Waals surface area contributed by atoms with Crippen molar-refractivity contribution in [1.29, 1.82) is 0 Å². The Hall–Kier alpha value is -1.58. The molecule has 0 bridgehead atoms. The normalized spacial score (nSPS) is 11.2. The molecular formula is C14H20FNO2. The topological polar surface area (TPSA) is 38.3 Å². The largest absolute Gasteiger partial charge is 0.444 e. The van der Waals surface area contributed by atoms with Crippen LogP contribution in [-0.2, 0) is 11.2 Å². The molecule has 1 amide bonds. The van der Waals surface area contributed by atoms with E-state index in [4.69, 9.17) is 4.74 Å². The van der Waals surface area contributed by atoms with E-state index in [0.29, 0.717) is 13.0 Å². The van der Waals surface area contributed by atoms with Crippen LogP contribution in [0.5, 0.6) is 0 Å². The molecule has 100 valence electrons. The number of hydrogen-bond acceptors (Lipinski definition) is 2. The van der Waals surface area contributed by atoms with E-state index >= 15 is 0 Å². The van der Waals surface area contributed by atoms with Crippen molar-refractivity contribution in [2.24, 2.45) is 0 Å². The van der Waals surface area contributed by atoms with Gasteiger partial charge in [-0.05, 0) is 57.4 Å². The lowest BCUT2D eigenvalue weighted by molar-refractivity contribution is 0.0528. The number of ether oxygens (including phenoxy) is 1. The Morgan fingerprint density at radius 3 is 2.56 bits per heavy atom. The Kier molecular flexibility index (Phi) is 4.70. The number of aryl methyl sites for hydroxylation is 1. The first kappa shape index (κ1) is 14.5. The van der Waals surface area contributed by atoms with Gasteiger partial charge in [-0.15, -0.1) is 0 Å². The summed E-state index contributed by atoms with van der Waals surface area (Å²) in [5, 5.41) is 2.64. The molecule has 0 aliphatic heterocycles. The molecule has 3 nitrogen and oxygen atoms in total. The van der Waals surface area contributed by atoms with Crippen LogP contribution in [0.15, 0.2) is 18.2 Å². The summed E-state index contributed by atoms with van der Waals surface area (Å²) < 4.78 is 18.2. The SMILES string of the molecule is Cc1cc(F)cc(CCNC(=O)OC(C)(C)C)c1. The molecule has 18 heavy (non-hydrogen) atoms. The lowest BCUT2D eigenvalue weighted by atomic mass is 10.1. The fourth-order valence-electron chi connectivity index (χ4n) is 1.58. The third-order valence-electron chi connectivity index (χ3n) is 2.18. The standard InChI is InChI=1S/C14H20FNO2/c1-10-7-11(9-12(15)8-10)5-6-16-13(17)18-14(2,3)4/h7-9H,5-6H2,1-4H3,(H,16,17). The summed E-state index contributed by atoms with van der Waals surface area (Å²) in [6.45, 7) is 7.69. The van der Waals surface area contributed by atoms with Crippen LogP contribution in [-0.4, -0.2) is 18.2 Å². The van der Waals surface area contributed by atoms with Gasteiger partial charge in [-0.25, -0.2) is 9.18 Å². The van der Waals surface area contributed by atoms with E-state index in [1.165, 1.54) is 12.1 Å². The first-order chi connectivity index (χ1) is 8.26. The van der Waals surface area contributed by atoms with Gasteiger partial charge in [-0.1, -0.05) is 6.07 Å². The Morgan fingerprint density at radius 1 is 1.33 bits per heavy atom. The summed E-state index contributed by atoms with van der Waals surface area (Å²) in [6.07, 6.45) is 0.133. The number of nitrogens with one attached hydrogen (secondary N) is 1. The van der Waals surface area contributed by atoms with Gasteiger partial charge in [0.25, 0.3) is 0 Å². The molecule has 0 heterocycles. The van der Waals surface area contributed by atoms with E-state index in [1.54, 1.807) is 0 Å². The van der Waals surface area contributed by atoms with E-state index < -0.39 is 11.7 Å². The Labute approximate surface area is 107 Å². The van der Waals surface area contributed by atoms with Crippen molar-refractivity contribution in [3.05, 3.63) is 35.1 Å². The zero-order valence-corrected chi connectivity index (χ0v) is 11.3. The molecule has 0 spiro atoms. The van der Waals surface area contributed by atoms with Gasteiger partial charge in [-0.2, -0.15) is 0 Å². The maximum atomic E-state index is 13.1. The number of halogens is 1. The Bertz CT molecular complexity index is 404. The molecule has 0 aliphatic carbocycles. The molecule has 0 unspecified atom stereocenters. The average Bonchev–Trinajstić information content (AvgIpc) is 2.12. The fraction of sp³-hybridized carbons (Fsp3) is 0.500. The minimum Gasteiger partial charge on any atom is -0.444 e. The van der Waals surface area contributed by atoms with Crippen LogP contribution in [0, 0.1) is 12.7 Å². The minimum atomic E-state index is -0.500. The molecule has 1 aromatic carbocycles. The van der Waals surface area contributed by atoms with Crippen molar-refractivity contribution in [1.82, 2.24) is 5.32 Å². The van der Waals surface area contributed by atoms with Gasteiger partial charge in [0.15, 0.2) is 0 Å². The number of carbonyl (C=O) groups is 1. The number of hydrogen-bond donors (Lipinski definition) is 1. The highest BCUT2D eigenvalue weighted by molar-refractivity contribution is 5.67. The number of amides is 1. The second-order valence-corrected chi connectivity index (χ2v) is 5.32. The van der Waals surface area contributed by atoms with Crippen molar-refractivity contribution < 1.29 is 13.9 Å². The minimum absolute atomic E-state index is 0.248. The summed E-state index contributed by atoms with van der Waals surface area (Å²) in [5.74, 6) is -0.248. The lowest BCUT2D eigenvalue weighted by Crippen LogP contribution is -2.33. The lowest BCUT2D eigenvalue weighted by Gasteiger charge is -2.19. The first-order valence-electron chi connectivity index (χ1n) is 5.99. The van der Waals surface area contributed by atoms with E-state index in [2.05, 4.69) is 5.32 Å². The zero-order valence-electron chi connectivity index (χ0n) is 11.3. The quantitative estimate of drug-likeness (QED) is 0.898. The van der Waals surface area contributed by atoms with Gasteiger partial charge in [0.2, 0.25) is 0 Å². The highest BCUT2D eigenvalue weighted by Gasteiger charge is 2.15. The van der Waals surface area contributed by atoms with E-state index in [1.807, 2.05) is 33.8 Å². The predicted octanol–water partition coefficient (Wildman–Crippen LogP) is 3.20. The van der Waals surface area contributed by atoms with Crippen LogP contribution in [0.1, 0.15) is 31.9 Å². The van der Waals surface area contributed by atoms with Crippen molar-refractivity contribution in [2.45, 2.75) is 39.7 Å². The second kappa shape index (κ2) is 5.85. The Morgan fingerprint density at radius 2 is 2.00 bits per heavy atom. The van der Waals surface area contributed by atoms with Gasteiger partial charge in [0, 0.05) is 6.54 Å². The van der Waals surface area contributed by atoms with Gasteiger partial charge < -0.3 is 10.1 Å². The van der Waals surface area contributed by atoms with Gasteiger partial charge >= 0.3 is 6.09 Å². The molecular weight excluding hydrogens is 233 g/mol. The molecule has 0 aliphatic rings. The Balaban J connectivity index is 2.40. The zero-order chi connectivity index (χ0) is 13.8. The second-order valence-electron chi connectivity index (χ2n) is 5.32. The van der Waals surface area contributed by atoms with Gasteiger partial charge in [0.1, 0.15) is 11.4 Å². The van der Waals surface area contributed by atoms with Crippen molar-refractivity contribution in [3.8, 4) is 0 Å². The van der Waals surface area contributed by atoms with Crippen LogP contribution in [0.3, 0.4) is 0 Å². The van der Waals surface area contributed by atoms with Crippen LogP contribution >= 0.6 is 0 Å². The van der Waals surface area contributed by atoms with Gasteiger partial charge in [0.05, 0.1) is 0 Å². The molecule has 0 fully saturated rings. The molecule has 0 atom stereocenters. The van der Waals surface area contributed by atoms with Crippen molar-refractivity contribution in [3.63, 3.8) is 0 Å². The maximum Gasteiger partial charge on any atom is 0.407 e. The molecule has 4 heteroatoms. The van der Waals surface area contributed by atoms with Crippen LogP contribution in [0.2, 0.25) is 0 Å². The molecule has 1 N–H and O–H groups in total. The molecule has 1 rings (SSSR count).